The van der Waals surface area contributed by atoms with Gasteiger partial charge in [-0.15, -0.1) is 0 Å². The minimum absolute atomic E-state index is 0.0661. The van der Waals surface area contributed by atoms with Crippen LogP contribution in [-0.4, -0.2) is 32.8 Å². The van der Waals surface area contributed by atoms with E-state index in [1.54, 1.807) is 30.6 Å². The number of Topliss-reactive ketones (excluding diaryl/α,β-unsaturated/α-hetero) is 1. The van der Waals surface area contributed by atoms with Crippen molar-refractivity contribution < 1.29 is 19.2 Å². The Morgan fingerprint density at radius 1 is 0.821 bits per heavy atom. The molecule has 0 saturated heterocycles. The molecule has 194 valence electrons. The molecule has 0 N–H and O–H groups in total. The zero-order chi connectivity index (χ0) is 27.4. The van der Waals surface area contributed by atoms with Crippen LogP contribution in [0.3, 0.4) is 0 Å². The second-order valence-electron chi connectivity index (χ2n) is 9.25. The number of hydrogen-bond acceptors (Lipinski definition) is 6. The second-order valence-corrected chi connectivity index (χ2v) is 9.25. The third-order valence-corrected chi connectivity index (χ3v) is 6.58. The fraction of sp³-hybridized carbons (Fsp3) is 0.156. The third kappa shape index (κ3) is 5.25. The summed E-state index contributed by atoms with van der Waals surface area (Å²) in [6, 6.07) is 24.4. The summed E-state index contributed by atoms with van der Waals surface area (Å²) < 4.78 is 2.12. The topological polar surface area (TPSA) is 90.6 Å². The number of oxime groups is 1. The summed E-state index contributed by atoms with van der Waals surface area (Å²) in [5, 5.41) is 5.76. The van der Waals surface area contributed by atoms with Gasteiger partial charge in [-0.05, 0) is 73.5 Å². The molecule has 0 aliphatic heterocycles. The van der Waals surface area contributed by atoms with E-state index in [4.69, 9.17) is 4.84 Å². The maximum Gasteiger partial charge on any atom is 0.331 e. The van der Waals surface area contributed by atoms with Gasteiger partial charge in [-0.2, -0.15) is 0 Å². The largest absolute Gasteiger partial charge is 0.331 e. The molecule has 2 aromatic heterocycles. The van der Waals surface area contributed by atoms with E-state index < -0.39 is 5.97 Å². The average Bonchev–Trinajstić information content (AvgIpc) is 3.30. The zero-order valence-corrected chi connectivity index (χ0v) is 21.8. The highest BCUT2D eigenvalue weighted by Gasteiger charge is 2.19. The van der Waals surface area contributed by atoms with Crippen molar-refractivity contribution in [1.29, 1.82) is 0 Å². The number of benzene rings is 3. The normalized spacial score (nSPS) is 11.6. The van der Waals surface area contributed by atoms with Crippen LogP contribution < -0.4 is 0 Å². The lowest BCUT2D eigenvalue weighted by atomic mass is 10.0. The van der Waals surface area contributed by atoms with Crippen molar-refractivity contribution in [3.63, 3.8) is 0 Å². The molecule has 0 amide bonds. The van der Waals surface area contributed by atoms with Crippen molar-refractivity contribution in [2.75, 3.05) is 0 Å². The molecule has 0 saturated carbocycles. The Kier molecular flexibility index (Phi) is 7.41. The van der Waals surface area contributed by atoms with Crippen LogP contribution >= 0.6 is 0 Å². The number of carbonyl (C=O) groups is 3. The van der Waals surface area contributed by atoms with Gasteiger partial charge in [-0.1, -0.05) is 36.7 Å². The molecule has 5 aromatic rings. The molecular weight excluding hydrogens is 490 g/mol. The van der Waals surface area contributed by atoms with Gasteiger partial charge in [0.05, 0.1) is 11.0 Å². The Morgan fingerprint density at radius 2 is 1.49 bits per heavy atom. The predicted octanol–water partition coefficient (Wildman–Crippen LogP) is 6.70. The van der Waals surface area contributed by atoms with Gasteiger partial charge in [0.2, 0.25) is 5.78 Å². The molecule has 0 atom stereocenters. The molecule has 0 unspecified atom stereocenters. The number of para-hydroxylation sites is 1. The predicted molar refractivity (Wildman–Crippen MR) is 152 cm³/mol. The molecule has 7 nitrogen and oxygen atoms in total. The smallest absolute Gasteiger partial charge is 0.318 e. The summed E-state index contributed by atoms with van der Waals surface area (Å²) in [4.78, 5) is 46.3. The van der Waals surface area contributed by atoms with Gasteiger partial charge in [0.1, 0.15) is 5.71 Å². The lowest BCUT2D eigenvalue weighted by molar-refractivity contribution is -0.140. The van der Waals surface area contributed by atoms with Gasteiger partial charge in [-0.25, -0.2) is 4.79 Å². The summed E-state index contributed by atoms with van der Waals surface area (Å²) in [7, 11) is 0. The van der Waals surface area contributed by atoms with Gasteiger partial charge in [-0.3, -0.25) is 14.6 Å². The van der Waals surface area contributed by atoms with Gasteiger partial charge in [0.25, 0.3) is 0 Å². The number of fused-ring (bicyclic) bond motifs is 3. The van der Waals surface area contributed by atoms with Crippen molar-refractivity contribution in [1.82, 2.24) is 9.55 Å². The van der Waals surface area contributed by atoms with Gasteiger partial charge < -0.3 is 9.40 Å². The standard InChI is InChI=1S/C32H27N3O4/c1-3-4-8-28(34-39-21(2)36)32(38)24-12-15-30-27(20-24)26-7-5-6-9-29(26)35(30)25-13-10-22(11-14-25)31(37)23-16-18-33-19-17-23/h5-7,9-20H,3-4,8H2,1-2H3. The first-order valence-corrected chi connectivity index (χ1v) is 12.9. The summed E-state index contributed by atoms with van der Waals surface area (Å²) in [5.41, 5.74) is 4.67. The van der Waals surface area contributed by atoms with Gasteiger partial charge in [0.15, 0.2) is 5.78 Å². The summed E-state index contributed by atoms with van der Waals surface area (Å²) >= 11 is 0. The number of nitrogens with zero attached hydrogens (tertiary/aromatic N) is 3. The van der Waals surface area contributed by atoms with Crippen LogP contribution in [0.5, 0.6) is 0 Å². The Balaban J connectivity index is 1.56. The van der Waals surface area contributed by atoms with E-state index in [2.05, 4.69) is 14.7 Å². The monoisotopic (exact) mass is 517 g/mol. The van der Waals surface area contributed by atoms with E-state index in [0.29, 0.717) is 23.1 Å². The molecule has 3 aromatic carbocycles. The molecule has 7 heteroatoms. The first-order valence-electron chi connectivity index (χ1n) is 12.9. The van der Waals surface area contributed by atoms with Crippen LogP contribution in [0.15, 0.2) is 96.4 Å². The van der Waals surface area contributed by atoms with Crippen LogP contribution in [-0.2, 0) is 9.63 Å². The van der Waals surface area contributed by atoms with Crippen LogP contribution in [0.4, 0.5) is 0 Å². The zero-order valence-electron chi connectivity index (χ0n) is 21.8. The first-order chi connectivity index (χ1) is 19.0. The fourth-order valence-electron chi connectivity index (χ4n) is 4.65. The van der Waals surface area contributed by atoms with Crippen molar-refractivity contribution in [3.05, 3.63) is 108 Å². The number of aromatic nitrogens is 2. The van der Waals surface area contributed by atoms with E-state index in [1.165, 1.54) is 6.92 Å². The van der Waals surface area contributed by atoms with Gasteiger partial charge >= 0.3 is 5.97 Å². The molecule has 0 aliphatic rings. The number of ketones is 2. The SMILES string of the molecule is CCCCC(=NOC(C)=O)C(=O)c1ccc2c(c1)c1ccccc1n2-c1ccc(C(=O)c2ccncc2)cc1. The fourth-order valence-corrected chi connectivity index (χ4v) is 4.65. The van der Waals surface area contributed by atoms with E-state index in [0.717, 1.165) is 40.3 Å². The van der Waals surface area contributed by atoms with Crippen molar-refractivity contribution in [2.24, 2.45) is 5.16 Å². The Labute approximate surface area is 225 Å². The molecule has 0 radical (unpaired) electrons. The van der Waals surface area contributed by atoms with Gasteiger partial charge in [0, 0.05) is 52.5 Å². The quantitative estimate of drug-likeness (QED) is 0.0939. The second kappa shape index (κ2) is 11.2. The van der Waals surface area contributed by atoms with Crippen molar-refractivity contribution in [2.45, 2.75) is 33.1 Å². The number of carbonyl (C=O) groups excluding carboxylic acids is 3. The van der Waals surface area contributed by atoms with Crippen LogP contribution in [0.1, 0.15) is 59.4 Å². The Morgan fingerprint density at radius 3 is 2.21 bits per heavy atom. The third-order valence-electron chi connectivity index (χ3n) is 6.58. The highest BCUT2D eigenvalue weighted by molar-refractivity contribution is 6.46. The minimum Gasteiger partial charge on any atom is -0.318 e. The maximum absolute atomic E-state index is 13.4. The van der Waals surface area contributed by atoms with Crippen LogP contribution in [0, 0.1) is 0 Å². The number of rotatable bonds is 9. The van der Waals surface area contributed by atoms with E-state index in [1.807, 2.05) is 67.6 Å². The summed E-state index contributed by atoms with van der Waals surface area (Å²) in [6.45, 7) is 3.28. The molecule has 39 heavy (non-hydrogen) atoms. The molecule has 0 aliphatic carbocycles. The number of pyridine rings is 1. The summed E-state index contributed by atoms with van der Waals surface area (Å²) in [6.07, 6.45) is 5.27. The maximum atomic E-state index is 13.4. The van der Waals surface area contributed by atoms with Crippen molar-refractivity contribution in [3.8, 4) is 5.69 Å². The number of unbranched alkanes of at least 4 members (excludes halogenated alkanes) is 1. The van der Waals surface area contributed by atoms with Crippen molar-refractivity contribution >= 4 is 45.1 Å². The Hall–Kier alpha value is -4.91. The molecule has 0 spiro atoms. The molecular formula is C32H27N3O4. The van der Waals surface area contributed by atoms with Crippen LogP contribution in [0.25, 0.3) is 27.5 Å². The molecule has 0 bridgehead atoms. The molecule has 2 heterocycles. The summed E-state index contributed by atoms with van der Waals surface area (Å²) in [5.74, 6) is -0.894. The average molecular weight is 518 g/mol. The lowest BCUT2D eigenvalue weighted by Crippen LogP contribution is -2.15. The number of hydrogen-bond donors (Lipinski definition) is 0. The van der Waals surface area contributed by atoms with Crippen LogP contribution in [0.2, 0.25) is 0 Å². The Bertz CT molecular complexity index is 1720. The highest BCUT2D eigenvalue weighted by atomic mass is 16.7. The first kappa shape index (κ1) is 25.7. The van der Waals surface area contributed by atoms with E-state index >= 15 is 0 Å². The van der Waals surface area contributed by atoms with E-state index in [9.17, 15) is 14.4 Å². The minimum atomic E-state index is -0.566. The van der Waals surface area contributed by atoms with E-state index in [-0.39, 0.29) is 17.3 Å². The molecule has 0 fully saturated rings. The highest BCUT2D eigenvalue weighted by Crippen LogP contribution is 2.33. The lowest BCUT2D eigenvalue weighted by Gasteiger charge is -2.09. The molecule has 5 rings (SSSR count).